The maximum Gasteiger partial charge on any atom is 0.122 e. The van der Waals surface area contributed by atoms with E-state index in [0.717, 1.165) is 12.3 Å². The van der Waals surface area contributed by atoms with Crippen molar-refractivity contribution < 1.29 is 4.74 Å². The monoisotopic (exact) mass is 205 g/mol. The van der Waals surface area contributed by atoms with E-state index in [-0.39, 0.29) is 0 Å². The van der Waals surface area contributed by atoms with Crippen LogP contribution in [0.25, 0.3) is 0 Å². The van der Waals surface area contributed by atoms with Crippen LogP contribution in [-0.4, -0.2) is 13.7 Å². The van der Waals surface area contributed by atoms with Crippen LogP contribution in [0, 0.1) is 0 Å². The molecule has 15 heavy (non-hydrogen) atoms. The number of hydrogen-bond donors (Lipinski definition) is 1. The van der Waals surface area contributed by atoms with Crippen molar-refractivity contribution in [2.24, 2.45) is 0 Å². The third-order valence-electron chi connectivity index (χ3n) is 3.23. The van der Waals surface area contributed by atoms with Crippen molar-refractivity contribution in [2.75, 3.05) is 13.7 Å². The van der Waals surface area contributed by atoms with Crippen molar-refractivity contribution in [3.8, 4) is 5.75 Å². The predicted octanol–water partition coefficient (Wildman–Crippen LogP) is 2.85. The minimum Gasteiger partial charge on any atom is -0.496 e. The number of benzene rings is 1. The van der Waals surface area contributed by atoms with Gasteiger partial charge in [0.25, 0.3) is 0 Å². The number of hydrogen-bond acceptors (Lipinski definition) is 2. The van der Waals surface area contributed by atoms with Crippen LogP contribution in [0.15, 0.2) is 18.2 Å². The highest BCUT2D eigenvalue weighted by Crippen LogP contribution is 2.44. The zero-order chi connectivity index (χ0) is 10.8. The summed E-state index contributed by atoms with van der Waals surface area (Å²) in [4.78, 5) is 0. The quantitative estimate of drug-likeness (QED) is 0.819. The summed E-state index contributed by atoms with van der Waals surface area (Å²) in [7, 11) is 1.75. The van der Waals surface area contributed by atoms with Crippen molar-refractivity contribution in [1.82, 2.24) is 5.32 Å². The Hall–Kier alpha value is -1.02. The van der Waals surface area contributed by atoms with Crippen molar-refractivity contribution in [2.45, 2.75) is 32.2 Å². The highest BCUT2D eigenvalue weighted by Gasteiger charge is 2.29. The standard InChI is InChI=1S/C13H19NO/c1-4-14-11-8-9(2)13-10(11)6-5-7-12(13)15-3/h5-7,9,11,14H,4,8H2,1-3H3. The van der Waals surface area contributed by atoms with Crippen molar-refractivity contribution in [3.63, 3.8) is 0 Å². The molecule has 1 aliphatic rings. The number of rotatable bonds is 3. The first-order valence-corrected chi connectivity index (χ1v) is 5.68. The molecule has 1 aliphatic carbocycles. The van der Waals surface area contributed by atoms with Crippen molar-refractivity contribution in [3.05, 3.63) is 29.3 Å². The first-order chi connectivity index (χ1) is 7.27. The molecule has 2 heteroatoms. The summed E-state index contributed by atoms with van der Waals surface area (Å²) in [6.07, 6.45) is 1.18. The van der Waals surface area contributed by atoms with Gasteiger partial charge in [0.1, 0.15) is 5.75 Å². The van der Waals surface area contributed by atoms with Gasteiger partial charge >= 0.3 is 0 Å². The van der Waals surface area contributed by atoms with E-state index in [9.17, 15) is 0 Å². The van der Waals surface area contributed by atoms with Crippen LogP contribution in [0.5, 0.6) is 5.75 Å². The maximum atomic E-state index is 5.43. The Balaban J connectivity index is 2.39. The highest BCUT2D eigenvalue weighted by atomic mass is 16.5. The van der Waals surface area contributed by atoms with E-state index in [2.05, 4.69) is 37.4 Å². The first-order valence-electron chi connectivity index (χ1n) is 5.68. The summed E-state index contributed by atoms with van der Waals surface area (Å²) < 4.78 is 5.43. The van der Waals surface area contributed by atoms with Crippen LogP contribution < -0.4 is 10.1 Å². The van der Waals surface area contributed by atoms with Crippen LogP contribution in [-0.2, 0) is 0 Å². The van der Waals surface area contributed by atoms with E-state index in [1.54, 1.807) is 7.11 Å². The second-order valence-electron chi connectivity index (χ2n) is 4.21. The lowest BCUT2D eigenvalue weighted by atomic mass is 10.0. The molecule has 1 aromatic carbocycles. The van der Waals surface area contributed by atoms with Crippen LogP contribution in [0.4, 0.5) is 0 Å². The minimum absolute atomic E-state index is 0.509. The summed E-state index contributed by atoms with van der Waals surface area (Å²) in [5.74, 6) is 1.64. The van der Waals surface area contributed by atoms with E-state index in [4.69, 9.17) is 4.74 Å². The number of methoxy groups -OCH3 is 1. The average molecular weight is 205 g/mol. The fourth-order valence-corrected chi connectivity index (χ4v) is 2.61. The van der Waals surface area contributed by atoms with E-state index >= 15 is 0 Å². The zero-order valence-electron chi connectivity index (χ0n) is 9.71. The molecular formula is C13H19NO. The fourth-order valence-electron chi connectivity index (χ4n) is 2.61. The first kappa shape index (κ1) is 10.5. The molecule has 2 rings (SSSR count). The molecule has 2 unspecified atom stereocenters. The van der Waals surface area contributed by atoms with Gasteiger partial charge in [0.2, 0.25) is 0 Å². The van der Waals surface area contributed by atoms with Gasteiger partial charge in [0, 0.05) is 11.6 Å². The van der Waals surface area contributed by atoms with Gasteiger partial charge in [-0.1, -0.05) is 26.0 Å². The summed E-state index contributed by atoms with van der Waals surface area (Å²) in [6.45, 7) is 5.45. The second kappa shape index (κ2) is 4.23. The third kappa shape index (κ3) is 1.74. The molecule has 1 aromatic rings. The topological polar surface area (TPSA) is 21.3 Å². The van der Waals surface area contributed by atoms with Gasteiger partial charge in [0.15, 0.2) is 0 Å². The molecule has 0 spiro atoms. The van der Waals surface area contributed by atoms with Crippen LogP contribution >= 0.6 is 0 Å². The van der Waals surface area contributed by atoms with E-state index in [1.807, 2.05) is 0 Å². The summed E-state index contributed by atoms with van der Waals surface area (Å²) in [5.41, 5.74) is 2.81. The third-order valence-corrected chi connectivity index (χ3v) is 3.23. The number of ether oxygens (including phenoxy) is 1. The molecule has 0 aromatic heterocycles. The molecule has 82 valence electrons. The molecule has 0 radical (unpaired) electrons. The molecule has 0 bridgehead atoms. The van der Waals surface area contributed by atoms with E-state index < -0.39 is 0 Å². The largest absolute Gasteiger partial charge is 0.496 e. The van der Waals surface area contributed by atoms with Gasteiger partial charge < -0.3 is 10.1 Å². The van der Waals surface area contributed by atoms with Crippen LogP contribution in [0.1, 0.15) is 43.4 Å². The molecule has 2 atom stereocenters. The van der Waals surface area contributed by atoms with Gasteiger partial charge in [-0.15, -0.1) is 0 Å². The molecule has 0 heterocycles. The molecule has 0 saturated carbocycles. The molecule has 2 nitrogen and oxygen atoms in total. The molecule has 0 fully saturated rings. The molecule has 0 amide bonds. The Morgan fingerprint density at radius 2 is 2.27 bits per heavy atom. The summed E-state index contributed by atoms with van der Waals surface area (Å²) in [6, 6.07) is 6.87. The maximum absolute atomic E-state index is 5.43. The average Bonchev–Trinajstić information content (AvgIpc) is 2.57. The van der Waals surface area contributed by atoms with Gasteiger partial charge in [-0.05, 0) is 30.5 Å². The Morgan fingerprint density at radius 3 is 2.93 bits per heavy atom. The number of fused-ring (bicyclic) bond motifs is 1. The Kier molecular flexibility index (Phi) is 2.96. The summed E-state index contributed by atoms with van der Waals surface area (Å²) >= 11 is 0. The molecule has 1 N–H and O–H groups in total. The lowest BCUT2D eigenvalue weighted by molar-refractivity contribution is 0.407. The molecular weight excluding hydrogens is 186 g/mol. The van der Waals surface area contributed by atoms with Crippen molar-refractivity contribution in [1.29, 1.82) is 0 Å². The molecule has 0 saturated heterocycles. The SMILES string of the molecule is CCNC1CC(C)c2c(OC)cccc21. The minimum atomic E-state index is 0.509. The Bertz CT molecular complexity index is 348. The lowest BCUT2D eigenvalue weighted by Gasteiger charge is -2.12. The summed E-state index contributed by atoms with van der Waals surface area (Å²) in [5, 5.41) is 3.53. The van der Waals surface area contributed by atoms with E-state index in [0.29, 0.717) is 12.0 Å². The van der Waals surface area contributed by atoms with Crippen LogP contribution in [0.3, 0.4) is 0 Å². The highest BCUT2D eigenvalue weighted by molar-refractivity contribution is 5.47. The Labute approximate surface area is 91.6 Å². The predicted molar refractivity (Wildman–Crippen MR) is 62.4 cm³/mol. The Morgan fingerprint density at radius 1 is 1.47 bits per heavy atom. The number of nitrogens with one attached hydrogen (secondary N) is 1. The zero-order valence-corrected chi connectivity index (χ0v) is 9.71. The van der Waals surface area contributed by atoms with E-state index in [1.165, 1.54) is 17.5 Å². The van der Waals surface area contributed by atoms with Gasteiger partial charge in [-0.2, -0.15) is 0 Å². The van der Waals surface area contributed by atoms with Crippen LogP contribution in [0.2, 0.25) is 0 Å². The van der Waals surface area contributed by atoms with Gasteiger partial charge in [-0.25, -0.2) is 0 Å². The normalized spacial score (nSPS) is 23.9. The smallest absolute Gasteiger partial charge is 0.122 e. The lowest BCUT2D eigenvalue weighted by Crippen LogP contribution is -2.18. The van der Waals surface area contributed by atoms with Gasteiger partial charge in [-0.3, -0.25) is 0 Å². The van der Waals surface area contributed by atoms with Gasteiger partial charge in [0.05, 0.1) is 7.11 Å². The second-order valence-corrected chi connectivity index (χ2v) is 4.21. The molecule has 0 aliphatic heterocycles. The fraction of sp³-hybridized carbons (Fsp3) is 0.538. The van der Waals surface area contributed by atoms with Crippen molar-refractivity contribution >= 4 is 0 Å².